The fourth-order valence-electron chi connectivity index (χ4n) is 1.66. The predicted octanol–water partition coefficient (Wildman–Crippen LogP) is 0.399. The van der Waals surface area contributed by atoms with Crippen LogP contribution >= 0.6 is 0 Å². The lowest BCUT2D eigenvalue weighted by Crippen LogP contribution is -2.30. The summed E-state index contributed by atoms with van der Waals surface area (Å²) in [5, 5.41) is 11.2. The first kappa shape index (κ1) is 15.0. The second-order valence-corrected chi connectivity index (χ2v) is 4.10. The van der Waals surface area contributed by atoms with Crippen molar-refractivity contribution in [3.8, 4) is 5.75 Å². The quantitative estimate of drug-likeness (QED) is 0.691. The Labute approximate surface area is 111 Å². The highest BCUT2D eigenvalue weighted by Crippen LogP contribution is 2.21. The van der Waals surface area contributed by atoms with Gasteiger partial charge in [0, 0.05) is 7.05 Å². The second kappa shape index (κ2) is 6.75. The van der Waals surface area contributed by atoms with Gasteiger partial charge in [-0.1, -0.05) is 6.07 Å². The minimum atomic E-state index is -1.02. The molecule has 0 saturated heterocycles. The molecule has 0 aliphatic rings. The lowest BCUT2D eigenvalue weighted by molar-refractivity contribution is -0.138. The lowest BCUT2D eigenvalue weighted by Gasteiger charge is -2.11. The largest absolute Gasteiger partial charge is 0.496 e. The first-order valence-corrected chi connectivity index (χ1v) is 5.87. The molecule has 1 aromatic rings. The van der Waals surface area contributed by atoms with Gasteiger partial charge < -0.3 is 20.9 Å². The Morgan fingerprint density at radius 3 is 2.68 bits per heavy atom. The molecular weight excluding hydrogens is 248 g/mol. The van der Waals surface area contributed by atoms with Gasteiger partial charge in [0.2, 0.25) is 0 Å². The maximum atomic E-state index is 11.6. The monoisotopic (exact) mass is 266 g/mol. The van der Waals surface area contributed by atoms with E-state index in [1.807, 2.05) is 0 Å². The number of carboxylic acid groups (broad SMARTS) is 1. The molecule has 1 amide bonds. The van der Waals surface area contributed by atoms with E-state index in [4.69, 9.17) is 15.6 Å². The number of ether oxygens (including phenoxy) is 1. The first-order valence-electron chi connectivity index (χ1n) is 5.87. The summed E-state index contributed by atoms with van der Waals surface area (Å²) >= 11 is 0. The van der Waals surface area contributed by atoms with Gasteiger partial charge in [0.1, 0.15) is 11.8 Å². The molecule has 0 bridgehead atoms. The van der Waals surface area contributed by atoms with Crippen LogP contribution in [0.2, 0.25) is 0 Å². The smallest absolute Gasteiger partial charge is 0.320 e. The number of methoxy groups -OCH3 is 1. The Morgan fingerprint density at radius 2 is 2.16 bits per heavy atom. The van der Waals surface area contributed by atoms with Gasteiger partial charge in [-0.25, -0.2) is 0 Å². The van der Waals surface area contributed by atoms with Gasteiger partial charge in [-0.15, -0.1) is 0 Å². The number of aryl methyl sites for hydroxylation is 1. The molecule has 1 aromatic carbocycles. The number of benzene rings is 1. The molecule has 4 N–H and O–H groups in total. The van der Waals surface area contributed by atoms with Gasteiger partial charge in [0.25, 0.3) is 5.91 Å². The number of hydrogen-bond donors (Lipinski definition) is 3. The first-order chi connectivity index (χ1) is 8.99. The van der Waals surface area contributed by atoms with Gasteiger partial charge >= 0.3 is 5.97 Å². The number of hydrogen-bond acceptors (Lipinski definition) is 4. The Hall–Kier alpha value is -2.08. The summed E-state index contributed by atoms with van der Waals surface area (Å²) in [7, 11) is 3.02. The molecule has 6 heteroatoms. The third kappa shape index (κ3) is 3.96. The predicted molar refractivity (Wildman–Crippen MR) is 70.3 cm³/mol. The zero-order valence-corrected chi connectivity index (χ0v) is 11.0. The Balaban J connectivity index is 2.82. The number of nitrogens with one attached hydrogen (secondary N) is 1. The van der Waals surface area contributed by atoms with E-state index < -0.39 is 12.0 Å². The number of carbonyl (C=O) groups excluding carboxylic acids is 1. The average Bonchev–Trinajstić information content (AvgIpc) is 2.43. The van der Waals surface area contributed by atoms with Crippen molar-refractivity contribution in [2.24, 2.45) is 5.73 Å². The van der Waals surface area contributed by atoms with Crippen LogP contribution in [0.3, 0.4) is 0 Å². The fourth-order valence-corrected chi connectivity index (χ4v) is 1.66. The molecular formula is C13H18N2O4. The zero-order valence-electron chi connectivity index (χ0n) is 11.0. The molecule has 6 nitrogen and oxygen atoms in total. The Bertz CT molecular complexity index is 474. The second-order valence-electron chi connectivity index (χ2n) is 4.10. The molecule has 19 heavy (non-hydrogen) atoms. The van der Waals surface area contributed by atoms with Crippen molar-refractivity contribution in [3.05, 3.63) is 29.3 Å². The Kier molecular flexibility index (Phi) is 5.32. The molecule has 1 atom stereocenters. The van der Waals surface area contributed by atoms with Gasteiger partial charge in [0.15, 0.2) is 0 Å². The van der Waals surface area contributed by atoms with Gasteiger partial charge in [-0.05, 0) is 30.5 Å². The highest BCUT2D eigenvalue weighted by molar-refractivity contribution is 5.96. The summed E-state index contributed by atoms with van der Waals surface area (Å²) in [5.41, 5.74) is 6.76. The van der Waals surface area contributed by atoms with E-state index in [0.29, 0.717) is 24.2 Å². The van der Waals surface area contributed by atoms with Crippen LogP contribution in [-0.2, 0) is 11.2 Å². The maximum absolute atomic E-state index is 11.6. The van der Waals surface area contributed by atoms with Crippen molar-refractivity contribution >= 4 is 11.9 Å². The third-order valence-corrected chi connectivity index (χ3v) is 2.80. The summed E-state index contributed by atoms with van der Waals surface area (Å²) in [5.74, 6) is -0.791. The normalized spacial score (nSPS) is 11.7. The molecule has 0 aliphatic carbocycles. The van der Waals surface area contributed by atoms with Gasteiger partial charge in [-0.3, -0.25) is 9.59 Å². The molecule has 0 spiro atoms. The number of aliphatic carboxylic acids is 1. The van der Waals surface area contributed by atoms with Crippen LogP contribution < -0.4 is 15.8 Å². The van der Waals surface area contributed by atoms with Crippen LogP contribution in [0.25, 0.3) is 0 Å². The number of amides is 1. The zero-order chi connectivity index (χ0) is 14.4. The molecule has 104 valence electrons. The van der Waals surface area contributed by atoms with E-state index in [1.165, 1.54) is 7.11 Å². The van der Waals surface area contributed by atoms with Crippen LogP contribution in [0, 0.1) is 0 Å². The van der Waals surface area contributed by atoms with E-state index in [-0.39, 0.29) is 5.91 Å². The van der Waals surface area contributed by atoms with Crippen LogP contribution in [0.5, 0.6) is 5.75 Å². The minimum absolute atomic E-state index is 0.231. The number of carboxylic acids is 1. The average molecular weight is 266 g/mol. The SMILES string of the molecule is CNC(=O)c1ccc(CC[C@H](N)C(=O)O)cc1OC. The summed E-state index contributed by atoms with van der Waals surface area (Å²) < 4.78 is 5.15. The minimum Gasteiger partial charge on any atom is -0.496 e. The van der Waals surface area contributed by atoms with Crippen molar-refractivity contribution in [2.75, 3.05) is 14.2 Å². The van der Waals surface area contributed by atoms with Crippen LogP contribution in [0.1, 0.15) is 22.3 Å². The maximum Gasteiger partial charge on any atom is 0.320 e. The van der Waals surface area contributed by atoms with E-state index in [1.54, 1.807) is 25.2 Å². The number of carbonyl (C=O) groups is 2. The highest BCUT2D eigenvalue weighted by Gasteiger charge is 2.14. The molecule has 0 aliphatic heterocycles. The molecule has 0 fully saturated rings. The molecule has 0 aromatic heterocycles. The number of nitrogens with two attached hydrogens (primary N) is 1. The summed E-state index contributed by atoms with van der Waals surface area (Å²) in [4.78, 5) is 22.2. The van der Waals surface area contributed by atoms with Gasteiger partial charge in [0.05, 0.1) is 12.7 Å². The molecule has 1 rings (SSSR count). The molecule has 0 heterocycles. The number of rotatable bonds is 6. The third-order valence-electron chi connectivity index (χ3n) is 2.80. The van der Waals surface area contributed by atoms with E-state index in [9.17, 15) is 9.59 Å². The van der Waals surface area contributed by atoms with Crippen molar-refractivity contribution < 1.29 is 19.4 Å². The van der Waals surface area contributed by atoms with Crippen LogP contribution in [-0.4, -0.2) is 37.2 Å². The van der Waals surface area contributed by atoms with Crippen LogP contribution in [0.15, 0.2) is 18.2 Å². The topological polar surface area (TPSA) is 102 Å². The lowest BCUT2D eigenvalue weighted by atomic mass is 10.0. The van der Waals surface area contributed by atoms with E-state index in [0.717, 1.165) is 5.56 Å². The Morgan fingerprint density at radius 1 is 1.47 bits per heavy atom. The van der Waals surface area contributed by atoms with Crippen molar-refractivity contribution in [2.45, 2.75) is 18.9 Å². The van der Waals surface area contributed by atoms with Crippen molar-refractivity contribution in [1.82, 2.24) is 5.32 Å². The molecule has 0 saturated carbocycles. The summed E-state index contributed by atoms with van der Waals surface area (Å²) in [6, 6.07) is 4.25. The molecule has 0 unspecified atom stereocenters. The van der Waals surface area contributed by atoms with Crippen molar-refractivity contribution in [1.29, 1.82) is 0 Å². The summed E-state index contributed by atoms with van der Waals surface area (Å²) in [6.07, 6.45) is 0.843. The van der Waals surface area contributed by atoms with Crippen LogP contribution in [0.4, 0.5) is 0 Å². The fraction of sp³-hybridized carbons (Fsp3) is 0.385. The van der Waals surface area contributed by atoms with Crippen molar-refractivity contribution in [3.63, 3.8) is 0 Å². The van der Waals surface area contributed by atoms with E-state index in [2.05, 4.69) is 5.32 Å². The van der Waals surface area contributed by atoms with E-state index >= 15 is 0 Å². The van der Waals surface area contributed by atoms with Gasteiger partial charge in [-0.2, -0.15) is 0 Å². The standard InChI is InChI=1S/C13H18N2O4/c1-15-12(16)9-5-3-8(7-11(9)19-2)4-6-10(14)13(17)18/h3,5,7,10H,4,6,14H2,1-2H3,(H,15,16)(H,17,18)/t10-/m0/s1. The molecule has 0 radical (unpaired) electrons. The summed E-state index contributed by atoms with van der Waals surface area (Å²) in [6.45, 7) is 0. The highest BCUT2D eigenvalue weighted by atomic mass is 16.5.